The van der Waals surface area contributed by atoms with Gasteiger partial charge in [-0.05, 0) is 30.4 Å². The van der Waals surface area contributed by atoms with Gasteiger partial charge in [-0.2, -0.15) is 0 Å². The van der Waals surface area contributed by atoms with Crippen LogP contribution in [0.3, 0.4) is 0 Å². The number of hydrogen-bond donors (Lipinski definition) is 1. The van der Waals surface area contributed by atoms with Gasteiger partial charge in [-0.1, -0.05) is 66.7 Å². The van der Waals surface area contributed by atoms with Crippen molar-refractivity contribution < 1.29 is 9.59 Å². The minimum absolute atomic E-state index is 0.0614. The SMILES string of the molecule is C=CCCCC[N+]12CCC(C(O)(c3ccccc3)c3ccccc3)(CC1)C2. The first-order valence-corrected chi connectivity index (χ1v) is 10.4. The second kappa shape index (κ2) is 7.26. The maximum absolute atomic E-state index is 12.3. The molecule has 2 bridgehead atoms. The van der Waals surface area contributed by atoms with Gasteiger partial charge in [-0.25, -0.2) is 0 Å². The number of fused-ring (bicyclic) bond motifs is 2. The Hall–Kier alpha value is -1.90. The van der Waals surface area contributed by atoms with Crippen molar-refractivity contribution in [2.45, 2.75) is 37.7 Å². The molecule has 2 saturated heterocycles. The third-order valence-corrected chi connectivity index (χ3v) is 7.21. The van der Waals surface area contributed by atoms with Crippen molar-refractivity contribution in [2.75, 3.05) is 26.2 Å². The van der Waals surface area contributed by atoms with Crippen LogP contribution in [-0.4, -0.2) is 35.8 Å². The van der Waals surface area contributed by atoms with Crippen LogP contribution in [0.4, 0.5) is 0 Å². The van der Waals surface area contributed by atoms with Gasteiger partial charge >= 0.3 is 0 Å². The van der Waals surface area contributed by atoms with Crippen molar-refractivity contribution in [1.29, 1.82) is 0 Å². The highest BCUT2D eigenvalue weighted by molar-refractivity contribution is 5.39. The van der Waals surface area contributed by atoms with Crippen molar-refractivity contribution in [3.8, 4) is 0 Å². The summed E-state index contributed by atoms with van der Waals surface area (Å²) in [6.45, 7) is 8.60. The number of allylic oxidation sites excluding steroid dienone is 1. The Morgan fingerprint density at radius 2 is 1.48 bits per heavy atom. The molecule has 4 rings (SSSR count). The molecule has 2 heterocycles. The summed E-state index contributed by atoms with van der Waals surface area (Å²) in [6, 6.07) is 20.7. The summed E-state index contributed by atoms with van der Waals surface area (Å²) in [6.07, 6.45) is 7.85. The lowest BCUT2D eigenvalue weighted by molar-refractivity contribution is -0.909. The number of piperidine rings is 1. The topological polar surface area (TPSA) is 20.2 Å². The Balaban J connectivity index is 1.67. The van der Waals surface area contributed by atoms with Gasteiger partial charge in [-0.15, -0.1) is 6.58 Å². The van der Waals surface area contributed by atoms with Crippen molar-refractivity contribution in [3.63, 3.8) is 0 Å². The summed E-state index contributed by atoms with van der Waals surface area (Å²) in [4.78, 5) is 0. The summed E-state index contributed by atoms with van der Waals surface area (Å²) in [7, 11) is 0. The molecular weight excluding hydrogens is 330 g/mol. The van der Waals surface area contributed by atoms with Gasteiger partial charge in [0, 0.05) is 12.8 Å². The van der Waals surface area contributed by atoms with Crippen LogP contribution in [0.5, 0.6) is 0 Å². The molecule has 2 aliphatic heterocycles. The molecule has 0 atom stereocenters. The number of hydrogen-bond acceptors (Lipinski definition) is 1. The maximum Gasteiger partial charge on any atom is 0.126 e. The number of rotatable bonds is 8. The molecule has 2 fully saturated rings. The minimum atomic E-state index is -0.910. The number of quaternary nitrogens is 1. The molecule has 0 saturated carbocycles. The van der Waals surface area contributed by atoms with Gasteiger partial charge in [-0.3, -0.25) is 0 Å². The molecule has 0 amide bonds. The molecule has 2 aromatic rings. The van der Waals surface area contributed by atoms with E-state index < -0.39 is 5.60 Å². The van der Waals surface area contributed by atoms with E-state index in [1.807, 2.05) is 18.2 Å². The molecule has 27 heavy (non-hydrogen) atoms. The number of benzene rings is 2. The monoisotopic (exact) mass is 362 g/mol. The molecule has 2 aliphatic rings. The first-order valence-electron chi connectivity index (χ1n) is 10.4. The van der Waals surface area contributed by atoms with E-state index in [9.17, 15) is 5.11 Å². The average molecular weight is 363 g/mol. The minimum Gasteiger partial charge on any atom is -0.380 e. The predicted octanol–water partition coefficient (Wildman–Crippen LogP) is 4.89. The third kappa shape index (κ3) is 3.05. The van der Waals surface area contributed by atoms with Crippen LogP contribution in [0.2, 0.25) is 0 Å². The fraction of sp³-hybridized carbons (Fsp3) is 0.440. The highest BCUT2D eigenvalue weighted by Crippen LogP contribution is 2.58. The van der Waals surface area contributed by atoms with Crippen LogP contribution < -0.4 is 0 Å². The zero-order chi connectivity index (χ0) is 18.8. The van der Waals surface area contributed by atoms with Crippen molar-refractivity contribution in [2.24, 2.45) is 5.41 Å². The van der Waals surface area contributed by atoms with Crippen LogP contribution >= 0.6 is 0 Å². The smallest absolute Gasteiger partial charge is 0.126 e. The normalized spacial score (nSPS) is 27.0. The second-order valence-electron chi connectivity index (χ2n) is 8.68. The lowest BCUT2D eigenvalue weighted by Gasteiger charge is -2.42. The van der Waals surface area contributed by atoms with Crippen LogP contribution in [-0.2, 0) is 5.60 Å². The standard InChI is InChI=1S/C25H32NO/c1-2-3-4-11-18-26-19-16-24(21-26,17-20-26)25(27,22-12-7-5-8-13-22)23-14-9-6-10-15-23/h2,5-10,12-15,27H,1,3-4,11,16-21H2/q+1. The van der Waals surface area contributed by atoms with Crippen LogP contribution in [0.25, 0.3) is 0 Å². The zero-order valence-electron chi connectivity index (χ0n) is 16.3. The Morgan fingerprint density at radius 1 is 0.926 bits per heavy atom. The van der Waals surface area contributed by atoms with Crippen molar-refractivity contribution in [3.05, 3.63) is 84.4 Å². The van der Waals surface area contributed by atoms with E-state index in [2.05, 4.69) is 55.1 Å². The van der Waals surface area contributed by atoms with Gasteiger partial charge in [0.1, 0.15) is 5.60 Å². The number of aliphatic hydroxyl groups is 1. The maximum atomic E-state index is 12.3. The summed E-state index contributed by atoms with van der Waals surface area (Å²) in [5.41, 5.74) is 1.12. The van der Waals surface area contributed by atoms with E-state index >= 15 is 0 Å². The average Bonchev–Trinajstić information content (AvgIpc) is 3.30. The van der Waals surface area contributed by atoms with Gasteiger partial charge in [0.05, 0.1) is 31.6 Å². The van der Waals surface area contributed by atoms with Gasteiger partial charge in [0.15, 0.2) is 0 Å². The largest absolute Gasteiger partial charge is 0.380 e. The quantitative estimate of drug-likeness (QED) is 0.403. The van der Waals surface area contributed by atoms with E-state index in [0.29, 0.717) is 0 Å². The summed E-state index contributed by atoms with van der Waals surface area (Å²) in [5.74, 6) is 0. The molecule has 1 N–H and O–H groups in total. The molecule has 2 nitrogen and oxygen atoms in total. The van der Waals surface area contributed by atoms with Crippen molar-refractivity contribution in [1.82, 2.24) is 0 Å². The third-order valence-electron chi connectivity index (χ3n) is 7.21. The van der Waals surface area contributed by atoms with Gasteiger partial charge in [0.2, 0.25) is 0 Å². The Labute approximate surface area is 163 Å². The van der Waals surface area contributed by atoms with E-state index in [0.717, 1.165) is 36.9 Å². The number of unbranched alkanes of at least 4 members (excludes halogenated alkanes) is 2. The fourth-order valence-corrected chi connectivity index (χ4v) is 5.75. The molecule has 0 aliphatic carbocycles. The molecule has 0 unspecified atom stereocenters. The molecule has 0 radical (unpaired) electrons. The van der Waals surface area contributed by atoms with Crippen LogP contribution in [0.15, 0.2) is 73.3 Å². The van der Waals surface area contributed by atoms with Crippen LogP contribution in [0.1, 0.15) is 43.2 Å². The number of nitrogens with zero attached hydrogens (tertiary/aromatic N) is 1. The molecule has 2 aromatic carbocycles. The first-order chi connectivity index (χ1) is 13.1. The lowest BCUT2D eigenvalue weighted by atomic mass is 9.63. The lowest BCUT2D eigenvalue weighted by Crippen LogP contribution is -2.46. The zero-order valence-corrected chi connectivity index (χ0v) is 16.3. The van der Waals surface area contributed by atoms with E-state index in [4.69, 9.17) is 0 Å². The fourth-order valence-electron chi connectivity index (χ4n) is 5.75. The highest BCUT2D eigenvalue weighted by Gasteiger charge is 2.65. The second-order valence-corrected chi connectivity index (χ2v) is 8.68. The molecule has 0 spiro atoms. The Kier molecular flexibility index (Phi) is 4.96. The van der Waals surface area contributed by atoms with Gasteiger partial charge in [0.25, 0.3) is 0 Å². The summed E-state index contributed by atoms with van der Waals surface area (Å²) in [5, 5.41) is 12.3. The molecular formula is C25H32NO+. The Morgan fingerprint density at radius 3 is 2.00 bits per heavy atom. The first kappa shape index (κ1) is 18.5. The Bertz CT molecular complexity index is 720. The van der Waals surface area contributed by atoms with Crippen molar-refractivity contribution >= 4 is 0 Å². The predicted molar refractivity (Wildman–Crippen MR) is 111 cm³/mol. The summed E-state index contributed by atoms with van der Waals surface area (Å²) < 4.78 is 1.19. The van der Waals surface area contributed by atoms with E-state index in [1.165, 1.54) is 37.0 Å². The highest BCUT2D eigenvalue weighted by atomic mass is 16.3. The molecule has 2 heteroatoms. The van der Waals surface area contributed by atoms with Crippen LogP contribution in [0, 0.1) is 5.41 Å². The van der Waals surface area contributed by atoms with E-state index in [-0.39, 0.29) is 5.41 Å². The molecule has 142 valence electrons. The summed E-state index contributed by atoms with van der Waals surface area (Å²) >= 11 is 0. The van der Waals surface area contributed by atoms with E-state index in [1.54, 1.807) is 0 Å². The molecule has 0 aromatic heterocycles. The van der Waals surface area contributed by atoms with Gasteiger partial charge < -0.3 is 9.59 Å².